The minimum Gasteiger partial charge on any atom is -0.487 e. The standard InChI is InChI=1S/C20H13F7N2O2S/c1-11(30)29(17-5-3-2-4-16(17)21)18-28-14(10-32-18)9-31-15-7-12(19(22,23)24)6-13(8-15)20(25,26)27/h2-8,10H,9H2,1H3. The average Bonchev–Trinajstić information content (AvgIpc) is 3.15. The van der Waals surface area contributed by atoms with E-state index >= 15 is 0 Å². The number of amides is 1. The first-order valence-electron chi connectivity index (χ1n) is 8.78. The second-order valence-electron chi connectivity index (χ2n) is 6.46. The van der Waals surface area contributed by atoms with E-state index in [0.29, 0.717) is 12.1 Å². The molecular formula is C20H13F7N2O2S. The number of halogens is 7. The van der Waals surface area contributed by atoms with Gasteiger partial charge in [-0.1, -0.05) is 12.1 Å². The number of rotatable bonds is 5. The number of ether oxygens (including phenoxy) is 1. The van der Waals surface area contributed by atoms with Crippen LogP contribution in [0, 0.1) is 5.82 Å². The largest absolute Gasteiger partial charge is 0.487 e. The van der Waals surface area contributed by atoms with Gasteiger partial charge in [0.25, 0.3) is 0 Å². The summed E-state index contributed by atoms with van der Waals surface area (Å²) < 4.78 is 97.0. The lowest BCUT2D eigenvalue weighted by Crippen LogP contribution is -2.23. The molecule has 170 valence electrons. The van der Waals surface area contributed by atoms with Crippen molar-refractivity contribution in [2.45, 2.75) is 25.9 Å². The lowest BCUT2D eigenvalue weighted by Gasteiger charge is -2.18. The van der Waals surface area contributed by atoms with E-state index in [2.05, 4.69) is 4.98 Å². The maximum absolute atomic E-state index is 14.1. The predicted octanol–water partition coefficient (Wildman–Crippen LogP) is 6.58. The molecule has 0 aliphatic rings. The average molecular weight is 478 g/mol. The van der Waals surface area contributed by atoms with Crippen molar-refractivity contribution in [3.63, 3.8) is 0 Å². The van der Waals surface area contributed by atoms with Gasteiger partial charge in [0.05, 0.1) is 22.5 Å². The van der Waals surface area contributed by atoms with Crippen LogP contribution in [0.15, 0.2) is 47.8 Å². The van der Waals surface area contributed by atoms with Gasteiger partial charge in [0.2, 0.25) is 5.91 Å². The van der Waals surface area contributed by atoms with E-state index in [1.165, 1.54) is 30.5 Å². The van der Waals surface area contributed by atoms with Crippen LogP contribution in [0.3, 0.4) is 0 Å². The maximum atomic E-state index is 14.1. The summed E-state index contributed by atoms with van der Waals surface area (Å²) in [5.74, 6) is -1.89. The van der Waals surface area contributed by atoms with Gasteiger partial charge >= 0.3 is 12.4 Å². The lowest BCUT2D eigenvalue weighted by molar-refractivity contribution is -0.143. The number of carbonyl (C=O) groups excluding carboxylic acids is 1. The fourth-order valence-electron chi connectivity index (χ4n) is 2.67. The Kier molecular flexibility index (Phi) is 6.44. The number of hydrogen-bond acceptors (Lipinski definition) is 4. The Labute approximate surface area is 180 Å². The van der Waals surface area contributed by atoms with Crippen molar-refractivity contribution in [2.75, 3.05) is 4.90 Å². The summed E-state index contributed by atoms with van der Waals surface area (Å²) in [6.07, 6.45) is -10.0. The highest BCUT2D eigenvalue weighted by atomic mass is 32.1. The van der Waals surface area contributed by atoms with E-state index in [1.807, 2.05) is 0 Å². The molecule has 0 aliphatic carbocycles. The molecule has 0 bridgehead atoms. The summed E-state index contributed by atoms with van der Waals surface area (Å²) in [5, 5.41) is 1.45. The Morgan fingerprint density at radius 2 is 1.62 bits per heavy atom. The van der Waals surface area contributed by atoms with Gasteiger partial charge in [-0.2, -0.15) is 26.3 Å². The molecule has 1 amide bonds. The summed E-state index contributed by atoms with van der Waals surface area (Å²) in [6.45, 7) is 0.712. The number of alkyl halides is 6. The summed E-state index contributed by atoms with van der Waals surface area (Å²) in [5.41, 5.74) is -2.96. The number of para-hydroxylation sites is 1. The molecule has 1 aromatic heterocycles. The van der Waals surface area contributed by atoms with Crippen molar-refractivity contribution in [1.82, 2.24) is 4.98 Å². The Hall–Kier alpha value is -3.15. The normalized spacial score (nSPS) is 12.0. The molecule has 1 heterocycles. The number of anilines is 2. The molecule has 0 aliphatic heterocycles. The number of carbonyl (C=O) groups is 1. The highest BCUT2D eigenvalue weighted by Gasteiger charge is 2.37. The van der Waals surface area contributed by atoms with Gasteiger partial charge in [-0.3, -0.25) is 9.69 Å². The third kappa shape index (κ3) is 5.36. The van der Waals surface area contributed by atoms with E-state index in [1.54, 1.807) is 0 Å². The summed E-state index contributed by atoms with van der Waals surface area (Å²) in [7, 11) is 0. The van der Waals surface area contributed by atoms with Gasteiger partial charge in [0.1, 0.15) is 18.2 Å². The fraction of sp³-hybridized carbons (Fsp3) is 0.200. The third-order valence-electron chi connectivity index (χ3n) is 4.09. The zero-order chi connectivity index (χ0) is 23.7. The number of aromatic nitrogens is 1. The van der Waals surface area contributed by atoms with Gasteiger partial charge < -0.3 is 4.74 Å². The molecule has 0 unspecified atom stereocenters. The molecule has 32 heavy (non-hydrogen) atoms. The minimum atomic E-state index is -5.01. The minimum absolute atomic E-state index is 0.00699. The van der Waals surface area contributed by atoms with Crippen LogP contribution in [0.2, 0.25) is 0 Å². The van der Waals surface area contributed by atoms with Crippen molar-refractivity contribution in [3.05, 3.63) is 70.5 Å². The Bertz CT molecular complexity index is 1090. The summed E-state index contributed by atoms with van der Waals surface area (Å²) in [6, 6.07) is 6.34. The van der Waals surface area contributed by atoms with E-state index in [-0.39, 0.29) is 22.6 Å². The molecule has 0 fully saturated rings. The molecule has 4 nitrogen and oxygen atoms in total. The molecule has 0 spiro atoms. The Morgan fingerprint density at radius 1 is 1.03 bits per heavy atom. The molecule has 0 radical (unpaired) electrons. The van der Waals surface area contributed by atoms with Crippen LogP contribution in [-0.4, -0.2) is 10.9 Å². The van der Waals surface area contributed by atoms with Crippen molar-refractivity contribution < 1.29 is 40.3 Å². The third-order valence-corrected chi connectivity index (χ3v) is 4.96. The van der Waals surface area contributed by atoms with Gasteiger partial charge in [0.15, 0.2) is 5.13 Å². The molecule has 12 heteroatoms. The second-order valence-corrected chi connectivity index (χ2v) is 7.29. The Morgan fingerprint density at radius 3 is 2.16 bits per heavy atom. The number of nitrogens with zero attached hydrogens (tertiary/aromatic N) is 2. The first-order chi connectivity index (χ1) is 14.9. The van der Waals surface area contributed by atoms with E-state index < -0.39 is 47.6 Å². The number of hydrogen-bond donors (Lipinski definition) is 0. The van der Waals surface area contributed by atoms with Gasteiger partial charge in [-0.25, -0.2) is 9.37 Å². The Balaban J connectivity index is 1.85. The van der Waals surface area contributed by atoms with Gasteiger partial charge in [-0.15, -0.1) is 11.3 Å². The summed E-state index contributed by atoms with van der Waals surface area (Å²) >= 11 is 0.927. The van der Waals surface area contributed by atoms with E-state index in [9.17, 15) is 35.5 Å². The van der Waals surface area contributed by atoms with E-state index in [4.69, 9.17) is 4.74 Å². The molecule has 0 N–H and O–H groups in total. The second kappa shape index (κ2) is 8.77. The molecular weight excluding hydrogens is 465 g/mol. The first-order valence-corrected chi connectivity index (χ1v) is 9.66. The lowest BCUT2D eigenvalue weighted by atomic mass is 10.1. The zero-order valence-electron chi connectivity index (χ0n) is 16.1. The van der Waals surface area contributed by atoms with E-state index in [0.717, 1.165) is 22.3 Å². The number of benzene rings is 2. The van der Waals surface area contributed by atoms with Crippen LogP contribution < -0.4 is 9.64 Å². The highest BCUT2D eigenvalue weighted by Crippen LogP contribution is 2.38. The topological polar surface area (TPSA) is 42.4 Å². The van der Waals surface area contributed by atoms with Crippen molar-refractivity contribution in [3.8, 4) is 5.75 Å². The molecule has 3 aromatic rings. The van der Waals surface area contributed by atoms with Crippen molar-refractivity contribution in [2.24, 2.45) is 0 Å². The van der Waals surface area contributed by atoms with Gasteiger partial charge in [0, 0.05) is 12.3 Å². The summed E-state index contributed by atoms with van der Waals surface area (Å²) in [4.78, 5) is 17.1. The van der Waals surface area contributed by atoms with Crippen LogP contribution in [0.1, 0.15) is 23.7 Å². The maximum Gasteiger partial charge on any atom is 0.416 e. The van der Waals surface area contributed by atoms with Crippen LogP contribution in [0.25, 0.3) is 0 Å². The van der Waals surface area contributed by atoms with Crippen LogP contribution in [-0.2, 0) is 23.8 Å². The quantitative estimate of drug-likeness (QED) is 0.389. The predicted molar refractivity (Wildman–Crippen MR) is 102 cm³/mol. The SMILES string of the molecule is CC(=O)N(c1nc(COc2cc(C(F)(F)F)cc(C(F)(F)F)c2)cs1)c1ccccc1F. The molecule has 0 saturated heterocycles. The first kappa shape index (κ1) is 23.5. The number of thiazole rings is 1. The monoisotopic (exact) mass is 478 g/mol. The van der Waals surface area contributed by atoms with Gasteiger partial charge in [-0.05, 0) is 30.3 Å². The smallest absolute Gasteiger partial charge is 0.416 e. The molecule has 0 saturated carbocycles. The fourth-order valence-corrected chi connectivity index (χ4v) is 3.54. The molecule has 3 rings (SSSR count). The zero-order valence-corrected chi connectivity index (χ0v) is 16.9. The van der Waals surface area contributed by atoms with Crippen molar-refractivity contribution in [1.29, 1.82) is 0 Å². The highest BCUT2D eigenvalue weighted by molar-refractivity contribution is 7.14. The van der Waals surface area contributed by atoms with Crippen LogP contribution in [0.5, 0.6) is 5.75 Å². The van der Waals surface area contributed by atoms with Crippen LogP contribution in [0.4, 0.5) is 41.6 Å². The van der Waals surface area contributed by atoms with Crippen molar-refractivity contribution >= 4 is 28.1 Å². The molecule has 2 aromatic carbocycles. The van der Waals surface area contributed by atoms with Crippen LogP contribution >= 0.6 is 11.3 Å². The molecule has 0 atom stereocenters.